The van der Waals surface area contributed by atoms with E-state index in [1.54, 1.807) is 23.9 Å². The van der Waals surface area contributed by atoms with Crippen molar-refractivity contribution in [2.24, 2.45) is 0 Å². The van der Waals surface area contributed by atoms with Crippen LogP contribution in [0.4, 0.5) is 18.9 Å². The summed E-state index contributed by atoms with van der Waals surface area (Å²) in [5, 5.41) is 8.83. The summed E-state index contributed by atoms with van der Waals surface area (Å²) in [4.78, 5) is 26.2. The van der Waals surface area contributed by atoms with E-state index in [2.05, 4.69) is 0 Å². The maximum atomic E-state index is 12.9. The Labute approximate surface area is 204 Å². The Morgan fingerprint density at radius 2 is 1.86 bits per heavy atom. The number of nitrogens with zero attached hydrogens (tertiary/aromatic N) is 1. The molecule has 3 aromatic rings. The minimum absolute atomic E-state index is 0.235. The van der Waals surface area contributed by atoms with Crippen LogP contribution >= 0.6 is 11.8 Å². The lowest BCUT2D eigenvalue weighted by Crippen LogP contribution is -2.23. The molecule has 9 heteroatoms. The summed E-state index contributed by atoms with van der Waals surface area (Å²) in [6, 6.07) is 15.8. The standard InChI is InChI=1S/C26H22F3NO4S/c1-16-5-6-17(13-22(16)34-15-24(31)32)11-12-35-23-4-2-3-20-21(23)14-30(25(20)33)19-9-7-18(8-10-19)26(27,28)29/h2-10,13H,11-12,14-15H2,1H3,(H,31,32). The molecule has 0 saturated carbocycles. The zero-order chi connectivity index (χ0) is 25.2. The highest BCUT2D eigenvalue weighted by molar-refractivity contribution is 7.99. The van der Waals surface area contributed by atoms with E-state index in [9.17, 15) is 22.8 Å². The molecule has 0 aliphatic carbocycles. The highest BCUT2D eigenvalue weighted by Gasteiger charge is 2.33. The summed E-state index contributed by atoms with van der Waals surface area (Å²) < 4.78 is 44.0. The first-order valence-electron chi connectivity index (χ1n) is 10.8. The zero-order valence-electron chi connectivity index (χ0n) is 18.8. The van der Waals surface area contributed by atoms with Crippen molar-refractivity contribution >= 4 is 29.3 Å². The quantitative estimate of drug-likeness (QED) is 0.385. The smallest absolute Gasteiger partial charge is 0.416 e. The van der Waals surface area contributed by atoms with Crippen LogP contribution in [0.15, 0.2) is 65.6 Å². The van der Waals surface area contributed by atoms with Crippen molar-refractivity contribution < 1.29 is 32.6 Å². The van der Waals surface area contributed by atoms with Crippen molar-refractivity contribution in [2.75, 3.05) is 17.3 Å². The molecule has 0 atom stereocenters. The van der Waals surface area contributed by atoms with Crippen LogP contribution in [-0.2, 0) is 23.9 Å². The number of anilines is 1. The number of hydrogen-bond acceptors (Lipinski definition) is 4. The number of alkyl halides is 3. The normalized spacial score (nSPS) is 13.1. The first-order valence-corrected chi connectivity index (χ1v) is 11.8. The predicted molar refractivity (Wildman–Crippen MR) is 127 cm³/mol. The van der Waals surface area contributed by atoms with Gasteiger partial charge in [-0.05, 0) is 72.5 Å². The second kappa shape index (κ2) is 10.0. The summed E-state index contributed by atoms with van der Waals surface area (Å²) in [5.74, 6) is -0.0239. The molecule has 3 aromatic carbocycles. The highest BCUT2D eigenvalue weighted by Crippen LogP contribution is 2.36. The third-order valence-electron chi connectivity index (χ3n) is 5.68. The number of halogens is 3. The molecule has 5 nitrogen and oxygen atoms in total. The van der Waals surface area contributed by atoms with Crippen LogP contribution in [0.2, 0.25) is 0 Å². The lowest BCUT2D eigenvalue weighted by molar-refractivity contribution is -0.139. The summed E-state index contributed by atoms with van der Waals surface area (Å²) in [7, 11) is 0. The fourth-order valence-electron chi connectivity index (χ4n) is 3.85. The number of hydrogen-bond donors (Lipinski definition) is 1. The van der Waals surface area contributed by atoms with E-state index in [4.69, 9.17) is 9.84 Å². The lowest BCUT2D eigenvalue weighted by atomic mass is 10.1. The van der Waals surface area contributed by atoms with Crippen molar-refractivity contribution in [1.82, 2.24) is 0 Å². The predicted octanol–water partition coefficient (Wildman–Crippen LogP) is 5.97. The summed E-state index contributed by atoms with van der Waals surface area (Å²) in [5.41, 5.74) is 2.92. The molecular formula is C26H22F3NO4S. The van der Waals surface area contributed by atoms with Gasteiger partial charge >= 0.3 is 12.1 Å². The number of fused-ring (bicyclic) bond motifs is 1. The Morgan fingerprint density at radius 1 is 1.11 bits per heavy atom. The molecule has 1 aliphatic rings. The van der Waals surface area contributed by atoms with E-state index >= 15 is 0 Å². The minimum Gasteiger partial charge on any atom is -0.482 e. The molecule has 0 radical (unpaired) electrons. The average molecular weight is 502 g/mol. The third-order valence-corrected chi connectivity index (χ3v) is 6.78. The number of carboxylic acids is 1. The molecule has 4 rings (SSSR count). The molecule has 0 bridgehead atoms. The fourth-order valence-corrected chi connectivity index (χ4v) is 4.93. The van der Waals surface area contributed by atoms with Gasteiger partial charge in [0.2, 0.25) is 0 Å². The molecule has 0 fully saturated rings. The van der Waals surface area contributed by atoms with Crippen LogP contribution in [0.25, 0.3) is 0 Å². The van der Waals surface area contributed by atoms with Gasteiger partial charge in [-0.25, -0.2) is 4.79 Å². The monoisotopic (exact) mass is 501 g/mol. The average Bonchev–Trinajstić information content (AvgIpc) is 3.16. The Balaban J connectivity index is 1.44. The summed E-state index contributed by atoms with van der Waals surface area (Å²) in [6.45, 7) is 1.74. The van der Waals surface area contributed by atoms with Gasteiger partial charge in [0.15, 0.2) is 6.61 Å². The van der Waals surface area contributed by atoms with E-state index in [1.807, 2.05) is 31.2 Å². The van der Waals surface area contributed by atoms with Crippen LogP contribution in [-0.4, -0.2) is 29.3 Å². The molecule has 0 aromatic heterocycles. The van der Waals surface area contributed by atoms with Crippen molar-refractivity contribution in [3.8, 4) is 5.75 Å². The topological polar surface area (TPSA) is 66.8 Å². The lowest BCUT2D eigenvalue weighted by Gasteiger charge is -2.17. The summed E-state index contributed by atoms with van der Waals surface area (Å²) >= 11 is 1.59. The van der Waals surface area contributed by atoms with E-state index in [0.29, 0.717) is 35.7 Å². The van der Waals surface area contributed by atoms with Crippen LogP contribution in [0, 0.1) is 6.92 Å². The van der Waals surface area contributed by atoms with E-state index in [-0.39, 0.29) is 5.91 Å². The number of aryl methyl sites for hydroxylation is 2. The van der Waals surface area contributed by atoms with Crippen LogP contribution in [0.3, 0.4) is 0 Å². The Hall–Kier alpha value is -3.46. The number of rotatable bonds is 8. The number of benzene rings is 3. The van der Waals surface area contributed by atoms with Crippen molar-refractivity contribution in [3.05, 3.63) is 88.5 Å². The number of amides is 1. The van der Waals surface area contributed by atoms with Gasteiger partial charge in [-0.15, -0.1) is 11.8 Å². The molecule has 0 unspecified atom stereocenters. The molecule has 1 aliphatic heterocycles. The Kier molecular flexibility index (Phi) is 7.07. The van der Waals surface area contributed by atoms with Crippen molar-refractivity contribution in [3.63, 3.8) is 0 Å². The largest absolute Gasteiger partial charge is 0.482 e. The maximum Gasteiger partial charge on any atom is 0.416 e. The number of carboxylic acid groups (broad SMARTS) is 1. The molecular weight excluding hydrogens is 479 g/mol. The number of aliphatic carboxylic acids is 1. The van der Waals surface area contributed by atoms with Gasteiger partial charge in [0.1, 0.15) is 5.75 Å². The van der Waals surface area contributed by atoms with Gasteiger partial charge in [-0.3, -0.25) is 4.79 Å². The van der Waals surface area contributed by atoms with Gasteiger partial charge in [0, 0.05) is 21.9 Å². The molecule has 0 saturated heterocycles. The minimum atomic E-state index is -4.43. The van der Waals surface area contributed by atoms with Gasteiger partial charge in [-0.1, -0.05) is 18.2 Å². The zero-order valence-corrected chi connectivity index (χ0v) is 19.6. The maximum absolute atomic E-state index is 12.9. The molecule has 0 spiro atoms. The van der Waals surface area contributed by atoms with E-state index in [1.165, 1.54) is 17.0 Å². The van der Waals surface area contributed by atoms with Gasteiger partial charge < -0.3 is 14.7 Å². The molecule has 182 valence electrons. The van der Waals surface area contributed by atoms with E-state index < -0.39 is 24.3 Å². The van der Waals surface area contributed by atoms with Crippen LogP contribution in [0.5, 0.6) is 5.75 Å². The van der Waals surface area contributed by atoms with Gasteiger partial charge in [0.05, 0.1) is 12.1 Å². The number of thioether (sulfide) groups is 1. The van der Waals surface area contributed by atoms with E-state index in [0.717, 1.165) is 33.7 Å². The van der Waals surface area contributed by atoms with Crippen LogP contribution in [0.1, 0.15) is 32.6 Å². The van der Waals surface area contributed by atoms with Crippen LogP contribution < -0.4 is 9.64 Å². The molecule has 1 amide bonds. The third kappa shape index (κ3) is 5.62. The van der Waals surface area contributed by atoms with Gasteiger partial charge in [0.25, 0.3) is 5.91 Å². The first-order chi connectivity index (χ1) is 16.6. The Morgan fingerprint density at radius 3 is 2.54 bits per heavy atom. The summed E-state index contributed by atoms with van der Waals surface area (Å²) in [6.07, 6.45) is -3.73. The second-order valence-corrected chi connectivity index (χ2v) is 9.24. The van der Waals surface area contributed by atoms with Gasteiger partial charge in [-0.2, -0.15) is 13.2 Å². The fraction of sp³-hybridized carbons (Fsp3) is 0.231. The molecule has 1 heterocycles. The van der Waals surface area contributed by atoms with Crippen molar-refractivity contribution in [1.29, 1.82) is 0 Å². The number of carbonyl (C=O) groups excluding carboxylic acids is 1. The first kappa shape index (κ1) is 24.7. The number of carbonyl (C=O) groups is 2. The molecule has 1 N–H and O–H groups in total. The second-order valence-electron chi connectivity index (χ2n) is 8.10. The number of ether oxygens (including phenoxy) is 1. The Bertz CT molecular complexity index is 1260. The van der Waals surface area contributed by atoms with Crippen molar-refractivity contribution in [2.45, 2.75) is 31.0 Å². The molecule has 35 heavy (non-hydrogen) atoms. The SMILES string of the molecule is Cc1ccc(CCSc2cccc3c2CN(c2ccc(C(F)(F)F)cc2)C3=O)cc1OCC(=O)O. The highest BCUT2D eigenvalue weighted by atomic mass is 32.2.